The largest absolute Gasteiger partial charge is 0.459 e. The number of ether oxygens (including phenoxy) is 1. The first-order valence-electron chi connectivity index (χ1n) is 9.29. The van der Waals surface area contributed by atoms with Crippen molar-refractivity contribution in [2.45, 2.75) is 78.4 Å². The van der Waals surface area contributed by atoms with Gasteiger partial charge in [0.25, 0.3) is 0 Å². The number of nitrogens with one attached hydrogen (secondary N) is 1. The maximum absolute atomic E-state index is 12.1. The van der Waals surface area contributed by atoms with Crippen LogP contribution in [0.5, 0.6) is 0 Å². The molecule has 1 fully saturated rings. The highest BCUT2D eigenvalue weighted by Gasteiger charge is 2.35. The summed E-state index contributed by atoms with van der Waals surface area (Å²) in [5.41, 5.74) is -1.34. The SMILES string of the molecule is CC(C)C1CCC(C)(OC(=O)CCNC(=O)[C@@H](O)C(C)(C)CO)CC1. The Morgan fingerprint density at radius 3 is 2.32 bits per heavy atom. The molecule has 0 aromatic heterocycles. The van der Waals surface area contributed by atoms with E-state index in [1.54, 1.807) is 13.8 Å². The topological polar surface area (TPSA) is 95.9 Å². The maximum atomic E-state index is 12.1. The summed E-state index contributed by atoms with van der Waals surface area (Å²) in [6, 6.07) is 0. The molecule has 0 heterocycles. The van der Waals surface area contributed by atoms with Gasteiger partial charge >= 0.3 is 5.97 Å². The second kappa shape index (κ2) is 8.99. The zero-order valence-electron chi connectivity index (χ0n) is 16.3. The summed E-state index contributed by atoms with van der Waals surface area (Å²) in [4.78, 5) is 23.9. The third kappa shape index (κ3) is 6.59. The number of carbonyl (C=O) groups is 2. The molecular formula is C19H35NO5. The Hall–Kier alpha value is -1.14. The summed E-state index contributed by atoms with van der Waals surface area (Å²) in [6.07, 6.45) is 2.63. The van der Waals surface area contributed by atoms with Gasteiger partial charge in [-0.1, -0.05) is 27.7 Å². The smallest absolute Gasteiger partial charge is 0.308 e. The molecule has 0 radical (unpaired) electrons. The van der Waals surface area contributed by atoms with E-state index in [0.717, 1.165) is 25.7 Å². The van der Waals surface area contributed by atoms with E-state index in [9.17, 15) is 19.8 Å². The van der Waals surface area contributed by atoms with Crippen LogP contribution in [-0.4, -0.2) is 46.9 Å². The van der Waals surface area contributed by atoms with E-state index in [-0.39, 0.29) is 25.5 Å². The number of aliphatic hydroxyl groups excluding tert-OH is 2. The average molecular weight is 357 g/mol. The van der Waals surface area contributed by atoms with Gasteiger partial charge in [0.1, 0.15) is 11.7 Å². The molecule has 0 saturated heterocycles. The van der Waals surface area contributed by atoms with Crippen molar-refractivity contribution in [1.82, 2.24) is 5.32 Å². The van der Waals surface area contributed by atoms with Gasteiger partial charge in [0, 0.05) is 12.0 Å². The molecule has 3 N–H and O–H groups in total. The third-order valence-corrected chi connectivity index (χ3v) is 5.42. The van der Waals surface area contributed by atoms with Crippen molar-refractivity contribution in [2.24, 2.45) is 17.3 Å². The van der Waals surface area contributed by atoms with Crippen LogP contribution in [0.3, 0.4) is 0 Å². The zero-order valence-corrected chi connectivity index (χ0v) is 16.3. The Labute approximate surface area is 151 Å². The number of aliphatic hydroxyl groups is 2. The van der Waals surface area contributed by atoms with Gasteiger partial charge in [-0.3, -0.25) is 9.59 Å². The minimum atomic E-state index is -1.32. The standard InChI is InChI=1S/C19H35NO5/c1-13(2)14-6-9-19(5,10-7-14)25-15(22)8-11-20-17(24)16(23)18(3,4)12-21/h13-14,16,21,23H,6-12H2,1-5H3,(H,20,24)/t14?,16-,19?/m1/s1. The van der Waals surface area contributed by atoms with Crippen molar-refractivity contribution >= 4 is 11.9 Å². The van der Waals surface area contributed by atoms with Crippen LogP contribution in [0.4, 0.5) is 0 Å². The van der Waals surface area contributed by atoms with Gasteiger partial charge in [-0.05, 0) is 44.4 Å². The van der Waals surface area contributed by atoms with E-state index in [0.29, 0.717) is 11.8 Å². The van der Waals surface area contributed by atoms with Crippen molar-refractivity contribution in [3.63, 3.8) is 0 Å². The zero-order chi connectivity index (χ0) is 19.3. The molecule has 1 rings (SSSR count). The van der Waals surface area contributed by atoms with E-state index in [1.165, 1.54) is 0 Å². The van der Waals surface area contributed by atoms with Crippen LogP contribution in [0, 0.1) is 17.3 Å². The Morgan fingerprint density at radius 2 is 1.84 bits per heavy atom. The fourth-order valence-electron chi connectivity index (χ4n) is 3.17. The molecule has 1 atom stereocenters. The Kier molecular flexibility index (Phi) is 7.88. The fraction of sp³-hybridized carbons (Fsp3) is 0.895. The van der Waals surface area contributed by atoms with Crippen molar-refractivity contribution in [2.75, 3.05) is 13.2 Å². The molecule has 25 heavy (non-hydrogen) atoms. The summed E-state index contributed by atoms with van der Waals surface area (Å²) in [5.74, 6) is 0.435. The summed E-state index contributed by atoms with van der Waals surface area (Å²) in [5, 5.41) is 21.6. The number of hydrogen-bond acceptors (Lipinski definition) is 5. The van der Waals surface area contributed by atoms with Gasteiger partial charge in [0.05, 0.1) is 13.0 Å². The lowest BCUT2D eigenvalue weighted by atomic mass is 9.75. The second-order valence-corrected chi connectivity index (χ2v) is 8.60. The normalized spacial score (nSPS) is 25.5. The van der Waals surface area contributed by atoms with Gasteiger partial charge in [0.15, 0.2) is 0 Å². The molecule has 1 saturated carbocycles. The summed E-state index contributed by atoms with van der Waals surface area (Å²) in [7, 11) is 0. The van der Waals surface area contributed by atoms with E-state index >= 15 is 0 Å². The van der Waals surface area contributed by atoms with Gasteiger partial charge in [-0.15, -0.1) is 0 Å². The van der Waals surface area contributed by atoms with Gasteiger partial charge in [-0.25, -0.2) is 0 Å². The van der Waals surface area contributed by atoms with Gasteiger partial charge < -0.3 is 20.3 Å². The first kappa shape index (κ1) is 21.9. The molecule has 6 heteroatoms. The quantitative estimate of drug-likeness (QED) is 0.578. The third-order valence-electron chi connectivity index (χ3n) is 5.42. The number of amides is 1. The van der Waals surface area contributed by atoms with Crippen LogP contribution in [0.25, 0.3) is 0 Å². The second-order valence-electron chi connectivity index (χ2n) is 8.60. The molecule has 0 unspecified atom stereocenters. The molecule has 146 valence electrons. The highest BCUT2D eigenvalue weighted by atomic mass is 16.6. The van der Waals surface area contributed by atoms with Crippen LogP contribution >= 0.6 is 0 Å². The van der Waals surface area contributed by atoms with Crippen molar-refractivity contribution in [3.8, 4) is 0 Å². The Bertz CT molecular complexity index is 453. The van der Waals surface area contributed by atoms with Crippen molar-refractivity contribution in [3.05, 3.63) is 0 Å². The lowest BCUT2D eigenvalue weighted by molar-refractivity contribution is -0.162. The summed E-state index contributed by atoms with van der Waals surface area (Å²) >= 11 is 0. The molecule has 1 amide bonds. The highest BCUT2D eigenvalue weighted by molar-refractivity contribution is 5.81. The lowest BCUT2D eigenvalue weighted by Crippen LogP contribution is -2.46. The van der Waals surface area contributed by atoms with Crippen LogP contribution in [-0.2, 0) is 14.3 Å². The van der Waals surface area contributed by atoms with Crippen molar-refractivity contribution < 1.29 is 24.5 Å². The monoisotopic (exact) mass is 357 g/mol. The van der Waals surface area contributed by atoms with Crippen LogP contribution in [0.2, 0.25) is 0 Å². The number of esters is 1. The first-order chi connectivity index (χ1) is 11.5. The molecule has 0 aliphatic heterocycles. The minimum Gasteiger partial charge on any atom is -0.459 e. The lowest BCUT2D eigenvalue weighted by Gasteiger charge is -2.38. The molecule has 1 aliphatic rings. The molecule has 0 bridgehead atoms. The van der Waals surface area contributed by atoms with Crippen molar-refractivity contribution in [1.29, 1.82) is 0 Å². The van der Waals surface area contributed by atoms with E-state index in [4.69, 9.17) is 4.74 Å². The fourth-order valence-corrected chi connectivity index (χ4v) is 3.17. The number of rotatable bonds is 8. The molecule has 6 nitrogen and oxygen atoms in total. The number of carbonyl (C=O) groups excluding carboxylic acids is 2. The van der Waals surface area contributed by atoms with Gasteiger partial charge in [-0.2, -0.15) is 0 Å². The Balaban J connectivity index is 2.35. The predicted octanol–water partition coefficient (Wildman–Crippen LogP) is 2.02. The predicted molar refractivity (Wildman–Crippen MR) is 95.8 cm³/mol. The first-order valence-corrected chi connectivity index (χ1v) is 9.29. The van der Waals surface area contributed by atoms with E-state index in [1.807, 2.05) is 6.92 Å². The van der Waals surface area contributed by atoms with Gasteiger partial charge in [0.2, 0.25) is 5.91 Å². The summed E-state index contributed by atoms with van der Waals surface area (Å²) in [6.45, 7) is 9.44. The van der Waals surface area contributed by atoms with E-state index < -0.39 is 23.0 Å². The van der Waals surface area contributed by atoms with Crippen LogP contribution in [0.15, 0.2) is 0 Å². The number of hydrogen-bond donors (Lipinski definition) is 3. The minimum absolute atomic E-state index is 0.0706. The summed E-state index contributed by atoms with van der Waals surface area (Å²) < 4.78 is 5.64. The molecular weight excluding hydrogens is 322 g/mol. The Morgan fingerprint density at radius 1 is 1.28 bits per heavy atom. The highest BCUT2D eigenvalue weighted by Crippen LogP contribution is 2.37. The molecule has 0 aromatic rings. The van der Waals surface area contributed by atoms with Crippen LogP contribution < -0.4 is 5.32 Å². The average Bonchev–Trinajstić information content (AvgIpc) is 2.53. The molecule has 0 aromatic carbocycles. The van der Waals surface area contributed by atoms with Crippen LogP contribution in [0.1, 0.15) is 66.7 Å². The molecule has 1 aliphatic carbocycles. The molecule has 0 spiro atoms. The van der Waals surface area contributed by atoms with E-state index in [2.05, 4.69) is 19.2 Å². The maximum Gasteiger partial charge on any atom is 0.308 e.